The Morgan fingerprint density at radius 2 is 2.25 bits per heavy atom. The van der Waals surface area contributed by atoms with Crippen molar-refractivity contribution >= 4 is 9.84 Å². The Morgan fingerprint density at radius 1 is 1.50 bits per heavy atom. The van der Waals surface area contributed by atoms with E-state index in [9.17, 15) is 8.42 Å². The van der Waals surface area contributed by atoms with Crippen LogP contribution in [0.15, 0.2) is 23.1 Å². The number of benzene rings is 1. The molecule has 0 radical (unpaired) electrons. The van der Waals surface area contributed by atoms with E-state index in [1.165, 1.54) is 6.07 Å². The third-order valence-corrected chi connectivity index (χ3v) is 3.45. The van der Waals surface area contributed by atoms with E-state index in [0.717, 1.165) is 11.8 Å². The summed E-state index contributed by atoms with van der Waals surface area (Å²) in [6.07, 6.45) is 0.663. The minimum atomic E-state index is -3.21. The summed E-state index contributed by atoms with van der Waals surface area (Å²) >= 11 is 0. The number of fused-ring (bicyclic) bond motifs is 1. The minimum absolute atomic E-state index is 0.239. The second kappa shape index (κ2) is 4.04. The van der Waals surface area contributed by atoms with E-state index in [0.29, 0.717) is 12.4 Å². The average molecular weight is 243 g/mol. The lowest BCUT2D eigenvalue weighted by Gasteiger charge is -2.25. The van der Waals surface area contributed by atoms with Gasteiger partial charge in [-0.3, -0.25) is 0 Å². The normalized spacial score (nSPS) is 20.0. The van der Waals surface area contributed by atoms with E-state index in [-0.39, 0.29) is 11.4 Å². The van der Waals surface area contributed by atoms with Crippen LogP contribution in [0.3, 0.4) is 0 Å². The van der Waals surface area contributed by atoms with E-state index < -0.39 is 16.1 Å². The average Bonchev–Trinajstić information content (AvgIpc) is 2.26. The zero-order valence-corrected chi connectivity index (χ0v) is 9.66. The number of sulfone groups is 1. The predicted octanol–water partition coefficient (Wildman–Crippen LogP) is 0.284. The fraction of sp³-hybridized carbons (Fsp3) is 0.400. The van der Waals surface area contributed by atoms with Crippen molar-refractivity contribution in [3.8, 4) is 5.75 Å². The maximum Gasteiger partial charge on any atom is 0.212 e. The summed E-state index contributed by atoms with van der Waals surface area (Å²) in [4.78, 5) is 0.240. The van der Waals surface area contributed by atoms with Crippen molar-refractivity contribution in [3.63, 3.8) is 0 Å². The first kappa shape index (κ1) is 11.4. The summed E-state index contributed by atoms with van der Waals surface area (Å²) in [5, 5.41) is 0. The molecule has 0 spiro atoms. The number of rotatable bonds is 2. The zero-order valence-electron chi connectivity index (χ0n) is 8.84. The molecule has 1 atom stereocenters. The van der Waals surface area contributed by atoms with Gasteiger partial charge in [-0.15, -0.1) is 0 Å². The van der Waals surface area contributed by atoms with Gasteiger partial charge in [-0.1, -0.05) is 6.07 Å². The second-order valence-corrected chi connectivity index (χ2v) is 5.65. The molecule has 1 aliphatic rings. The highest BCUT2D eigenvalue weighted by Gasteiger charge is 2.20. The van der Waals surface area contributed by atoms with Crippen LogP contribution in [0, 0.1) is 0 Å². The fourth-order valence-corrected chi connectivity index (χ4v) is 2.11. The van der Waals surface area contributed by atoms with Crippen LogP contribution in [0.25, 0.3) is 0 Å². The topological polar surface area (TPSA) is 78.6 Å². The molecule has 6 heteroatoms. The molecule has 0 aliphatic carbocycles. The SMILES string of the molecule is CS(=O)(=O)c1ccc2c(c1)OC(CN)OC2. The van der Waals surface area contributed by atoms with E-state index >= 15 is 0 Å². The highest BCUT2D eigenvalue weighted by molar-refractivity contribution is 7.90. The van der Waals surface area contributed by atoms with Crippen LogP contribution in [-0.2, 0) is 21.2 Å². The van der Waals surface area contributed by atoms with Gasteiger partial charge in [0.15, 0.2) is 9.84 Å². The van der Waals surface area contributed by atoms with Crippen molar-refractivity contribution in [2.75, 3.05) is 12.8 Å². The molecule has 1 aliphatic heterocycles. The van der Waals surface area contributed by atoms with Crippen molar-refractivity contribution in [1.82, 2.24) is 0 Å². The Balaban J connectivity index is 2.38. The third kappa shape index (κ3) is 2.18. The predicted molar refractivity (Wildman–Crippen MR) is 57.8 cm³/mol. The molecular formula is C10H13NO4S. The maximum absolute atomic E-state index is 11.4. The molecule has 16 heavy (non-hydrogen) atoms. The Morgan fingerprint density at radius 3 is 2.88 bits per heavy atom. The second-order valence-electron chi connectivity index (χ2n) is 3.64. The summed E-state index contributed by atoms with van der Waals surface area (Å²) in [6.45, 7) is 0.629. The number of ether oxygens (including phenoxy) is 2. The molecule has 0 saturated heterocycles. The molecule has 5 nitrogen and oxygen atoms in total. The molecule has 1 heterocycles. The summed E-state index contributed by atoms with van der Waals surface area (Å²) in [5.74, 6) is 0.532. The van der Waals surface area contributed by atoms with Gasteiger partial charge in [0.05, 0.1) is 18.0 Å². The quantitative estimate of drug-likeness (QED) is 0.807. The Labute approximate surface area is 94.1 Å². The maximum atomic E-state index is 11.4. The first-order chi connectivity index (χ1) is 7.50. The molecule has 2 rings (SSSR count). The first-order valence-corrected chi connectivity index (χ1v) is 6.71. The lowest BCUT2D eigenvalue weighted by molar-refractivity contribution is -0.100. The molecular weight excluding hydrogens is 230 g/mol. The van der Waals surface area contributed by atoms with Crippen LogP contribution in [-0.4, -0.2) is 27.5 Å². The summed E-state index contributed by atoms with van der Waals surface area (Å²) in [6, 6.07) is 4.75. The van der Waals surface area contributed by atoms with Crippen molar-refractivity contribution in [1.29, 1.82) is 0 Å². The van der Waals surface area contributed by atoms with Gasteiger partial charge < -0.3 is 15.2 Å². The van der Waals surface area contributed by atoms with Crippen LogP contribution < -0.4 is 10.5 Å². The molecule has 2 N–H and O–H groups in total. The van der Waals surface area contributed by atoms with E-state index in [1.807, 2.05) is 0 Å². The summed E-state index contributed by atoms with van der Waals surface area (Å²) < 4.78 is 33.4. The molecule has 1 unspecified atom stereocenters. The zero-order chi connectivity index (χ0) is 11.8. The van der Waals surface area contributed by atoms with E-state index in [4.69, 9.17) is 15.2 Å². The van der Waals surface area contributed by atoms with Crippen LogP contribution in [0.4, 0.5) is 0 Å². The van der Waals surface area contributed by atoms with Gasteiger partial charge in [0.25, 0.3) is 0 Å². The monoisotopic (exact) mass is 243 g/mol. The number of hydrogen-bond acceptors (Lipinski definition) is 5. The van der Waals surface area contributed by atoms with Crippen molar-refractivity contribution < 1.29 is 17.9 Å². The van der Waals surface area contributed by atoms with Gasteiger partial charge in [-0.2, -0.15) is 0 Å². The third-order valence-electron chi connectivity index (χ3n) is 2.34. The lowest BCUT2D eigenvalue weighted by Crippen LogP contribution is -2.32. The molecule has 0 aromatic heterocycles. The molecule has 1 aromatic rings. The van der Waals surface area contributed by atoms with Crippen LogP contribution in [0.5, 0.6) is 5.75 Å². The summed E-state index contributed by atoms with van der Waals surface area (Å²) in [5.41, 5.74) is 6.25. The minimum Gasteiger partial charge on any atom is -0.463 e. The van der Waals surface area contributed by atoms with Crippen molar-refractivity contribution in [3.05, 3.63) is 23.8 Å². The molecule has 88 valence electrons. The smallest absolute Gasteiger partial charge is 0.212 e. The van der Waals surface area contributed by atoms with Crippen molar-refractivity contribution in [2.45, 2.75) is 17.8 Å². The Bertz CT molecular complexity index is 498. The van der Waals surface area contributed by atoms with Crippen molar-refractivity contribution in [2.24, 2.45) is 5.73 Å². The van der Waals surface area contributed by atoms with Gasteiger partial charge in [-0.25, -0.2) is 8.42 Å². The lowest BCUT2D eigenvalue weighted by atomic mass is 10.2. The summed E-state index contributed by atoms with van der Waals surface area (Å²) in [7, 11) is -3.21. The van der Waals surface area contributed by atoms with Crippen LogP contribution in [0.2, 0.25) is 0 Å². The van der Waals surface area contributed by atoms with Gasteiger partial charge in [0.2, 0.25) is 6.29 Å². The highest BCUT2D eigenvalue weighted by atomic mass is 32.2. The highest BCUT2D eigenvalue weighted by Crippen LogP contribution is 2.28. The van der Waals surface area contributed by atoms with Gasteiger partial charge in [0.1, 0.15) is 5.75 Å². The molecule has 0 bridgehead atoms. The van der Waals surface area contributed by atoms with Crippen LogP contribution in [0.1, 0.15) is 5.56 Å². The molecule has 0 saturated carbocycles. The molecule has 0 fully saturated rings. The fourth-order valence-electron chi connectivity index (χ4n) is 1.47. The first-order valence-electron chi connectivity index (χ1n) is 4.82. The standard InChI is InChI=1S/C10H13NO4S/c1-16(12,13)8-3-2-7-6-14-10(5-11)15-9(7)4-8/h2-4,10H,5-6,11H2,1H3. The Hall–Kier alpha value is -1.11. The number of nitrogens with two attached hydrogens (primary N) is 1. The largest absolute Gasteiger partial charge is 0.463 e. The molecule has 1 aromatic carbocycles. The van der Waals surface area contributed by atoms with Gasteiger partial charge >= 0.3 is 0 Å². The van der Waals surface area contributed by atoms with Gasteiger partial charge in [-0.05, 0) is 12.1 Å². The number of hydrogen-bond donors (Lipinski definition) is 1. The Kier molecular flexibility index (Phi) is 2.88. The van der Waals surface area contributed by atoms with E-state index in [2.05, 4.69) is 0 Å². The van der Waals surface area contributed by atoms with Gasteiger partial charge in [0, 0.05) is 11.8 Å². The van der Waals surface area contributed by atoms with E-state index in [1.54, 1.807) is 12.1 Å². The van der Waals surface area contributed by atoms with Crippen LogP contribution >= 0.6 is 0 Å². The molecule has 0 amide bonds.